The molecule has 2 aromatic carbocycles. The van der Waals surface area contributed by atoms with Gasteiger partial charge in [-0.2, -0.15) is 0 Å². The average Bonchev–Trinajstić information content (AvgIpc) is 2.36. The van der Waals surface area contributed by atoms with Crippen LogP contribution in [0.15, 0.2) is 36.4 Å². The van der Waals surface area contributed by atoms with Crippen LogP contribution in [0.5, 0.6) is 0 Å². The maximum Gasteiger partial charge on any atom is 0.127 e. The summed E-state index contributed by atoms with van der Waals surface area (Å²) >= 11 is 5.69. The fourth-order valence-corrected chi connectivity index (χ4v) is 2.22. The van der Waals surface area contributed by atoms with Gasteiger partial charge in [-0.25, -0.2) is 8.78 Å². The van der Waals surface area contributed by atoms with Crippen molar-refractivity contribution in [2.75, 3.05) is 0 Å². The Hall–Kier alpha value is -1.45. The lowest BCUT2D eigenvalue weighted by Crippen LogP contribution is -2.25. The van der Waals surface area contributed by atoms with E-state index in [4.69, 9.17) is 11.6 Å². The zero-order valence-corrected chi connectivity index (χ0v) is 12.0. The molecule has 2 aromatic rings. The number of hydrogen-bond donors (Lipinski definition) is 1. The van der Waals surface area contributed by atoms with Crippen LogP contribution in [0.25, 0.3) is 0 Å². The van der Waals surface area contributed by atoms with Gasteiger partial charge in [0.2, 0.25) is 0 Å². The van der Waals surface area contributed by atoms with E-state index in [0.29, 0.717) is 21.7 Å². The Kier molecular flexibility index (Phi) is 4.11. The standard InChI is InChI=1S/C16H15ClF2O/c1-10-3-5-12(7-14(10)18)16(2,20)9-11-4-6-13(17)8-15(11)19/h3-8,20H,9H2,1-2H3. The molecule has 0 aromatic heterocycles. The Morgan fingerprint density at radius 1 is 1.10 bits per heavy atom. The first-order chi connectivity index (χ1) is 9.29. The number of halogens is 3. The Morgan fingerprint density at radius 2 is 1.80 bits per heavy atom. The van der Waals surface area contributed by atoms with Gasteiger partial charge in [0.25, 0.3) is 0 Å². The smallest absolute Gasteiger partial charge is 0.127 e. The molecule has 0 saturated heterocycles. The molecule has 0 aliphatic heterocycles. The Labute approximate surface area is 121 Å². The SMILES string of the molecule is Cc1ccc(C(C)(O)Cc2ccc(Cl)cc2F)cc1F. The summed E-state index contributed by atoms with van der Waals surface area (Å²) in [6, 6.07) is 8.80. The molecule has 0 saturated carbocycles. The van der Waals surface area contributed by atoms with Gasteiger partial charge in [-0.3, -0.25) is 0 Å². The summed E-state index contributed by atoms with van der Waals surface area (Å²) in [7, 11) is 0. The van der Waals surface area contributed by atoms with Gasteiger partial charge >= 0.3 is 0 Å². The maximum atomic E-state index is 13.8. The number of benzene rings is 2. The molecule has 0 spiro atoms. The van der Waals surface area contributed by atoms with E-state index in [1.165, 1.54) is 25.1 Å². The first kappa shape index (κ1) is 14.9. The second-order valence-corrected chi connectivity index (χ2v) is 5.59. The van der Waals surface area contributed by atoms with E-state index in [9.17, 15) is 13.9 Å². The quantitative estimate of drug-likeness (QED) is 0.891. The van der Waals surface area contributed by atoms with Crippen molar-refractivity contribution in [2.24, 2.45) is 0 Å². The molecule has 1 atom stereocenters. The highest BCUT2D eigenvalue weighted by Gasteiger charge is 2.25. The molecule has 0 amide bonds. The van der Waals surface area contributed by atoms with E-state index in [-0.39, 0.29) is 12.2 Å². The third-order valence-corrected chi connectivity index (χ3v) is 3.58. The number of aliphatic hydroxyl groups is 1. The normalized spacial score (nSPS) is 14.1. The zero-order valence-electron chi connectivity index (χ0n) is 11.3. The van der Waals surface area contributed by atoms with E-state index < -0.39 is 11.4 Å². The summed E-state index contributed by atoms with van der Waals surface area (Å²) in [4.78, 5) is 0. The molecule has 2 rings (SSSR count). The second kappa shape index (κ2) is 5.51. The first-order valence-corrected chi connectivity index (χ1v) is 6.60. The molecule has 0 aliphatic rings. The Morgan fingerprint density at radius 3 is 2.40 bits per heavy atom. The minimum absolute atomic E-state index is 0.0402. The molecule has 0 radical (unpaired) electrons. The lowest BCUT2D eigenvalue weighted by Gasteiger charge is -2.24. The third kappa shape index (κ3) is 3.17. The molecule has 4 heteroatoms. The van der Waals surface area contributed by atoms with Gasteiger partial charge in [0, 0.05) is 11.4 Å². The molecule has 0 fully saturated rings. The lowest BCUT2D eigenvalue weighted by atomic mass is 9.88. The van der Waals surface area contributed by atoms with Crippen molar-refractivity contribution in [1.29, 1.82) is 0 Å². The van der Waals surface area contributed by atoms with Crippen molar-refractivity contribution < 1.29 is 13.9 Å². The molecule has 0 aliphatic carbocycles. The minimum atomic E-state index is -1.36. The Balaban J connectivity index is 2.32. The summed E-state index contributed by atoms with van der Waals surface area (Å²) in [5.74, 6) is -0.871. The number of aryl methyl sites for hydroxylation is 1. The van der Waals surface area contributed by atoms with Gasteiger partial charge < -0.3 is 5.11 Å². The van der Waals surface area contributed by atoms with E-state index in [2.05, 4.69) is 0 Å². The van der Waals surface area contributed by atoms with Crippen LogP contribution in [0.2, 0.25) is 5.02 Å². The number of rotatable bonds is 3. The van der Waals surface area contributed by atoms with Crippen molar-refractivity contribution in [3.63, 3.8) is 0 Å². The van der Waals surface area contributed by atoms with E-state index in [1.54, 1.807) is 25.1 Å². The Bertz CT molecular complexity index is 638. The van der Waals surface area contributed by atoms with Gasteiger partial charge in [-0.15, -0.1) is 0 Å². The first-order valence-electron chi connectivity index (χ1n) is 6.22. The van der Waals surface area contributed by atoms with Crippen molar-refractivity contribution in [3.8, 4) is 0 Å². The highest BCUT2D eigenvalue weighted by molar-refractivity contribution is 6.30. The van der Waals surface area contributed by atoms with Crippen molar-refractivity contribution in [3.05, 3.63) is 69.7 Å². The summed E-state index contributed by atoms with van der Waals surface area (Å²) < 4.78 is 27.3. The van der Waals surface area contributed by atoms with Crippen LogP contribution in [-0.2, 0) is 12.0 Å². The molecule has 0 heterocycles. The average molecular weight is 297 g/mol. The summed E-state index contributed by atoms with van der Waals surface area (Å²) in [6.45, 7) is 3.18. The molecule has 1 nitrogen and oxygen atoms in total. The van der Waals surface area contributed by atoms with E-state index in [1.807, 2.05) is 0 Å². The van der Waals surface area contributed by atoms with Gasteiger partial charge in [0.15, 0.2) is 0 Å². The summed E-state index contributed by atoms with van der Waals surface area (Å²) in [6.07, 6.45) is 0.0402. The molecule has 1 unspecified atom stereocenters. The fourth-order valence-electron chi connectivity index (χ4n) is 2.07. The molecule has 1 N–H and O–H groups in total. The minimum Gasteiger partial charge on any atom is -0.385 e. The summed E-state index contributed by atoms with van der Waals surface area (Å²) in [5.41, 5.74) is -0.110. The third-order valence-electron chi connectivity index (χ3n) is 3.34. The highest BCUT2D eigenvalue weighted by Crippen LogP contribution is 2.28. The maximum absolute atomic E-state index is 13.8. The van der Waals surface area contributed by atoms with Crippen LogP contribution in [0, 0.1) is 18.6 Å². The largest absolute Gasteiger partial charge is 0.385 e. The zero-order chi connectivity index (χ0) is 14.9. The molecule has 0 bridgehead atoms. The molecule has 106 valence electrons. The topological polar surface area (TPSA) is 20.2 Å². The lowest BCUT2D eigenvalue weighted by molar-refractivity contribution is 0.0563. The summed E-state index contributed by atoms with van der Waals surface area (Å²) in [5, 5.41) is 10.8. The van der Waals surface area contributed by atoms with Crippen molar-refractivity contribution in [1.82, 2.24) is 0 Å². The van der Waals surface area contributed by atoms with Crippen LogP contribution < -0.4 is 0 Å². The predicted octanol–water partition coefficient (Wildman–Crippen LogP) is 4.38. The van der Waals surface area contributed by atoms with Crippen LogP contribution in [-0.4, -0.2) is 5.11 Å². The van der Waals surface area contributed by atoms with Gasteiger partial charge in [-0.1, -0.05) is 29.8 Å². The van der Waals surface area contributed by atoms with Crippen LogP contribution in [0.3, 0.4) is 0 Å². The second-order valence-electron chi connectivity index (χ2n) is 5.15. The van der Waals surface area contributed by atoms with Crippen LogP contribution in [0.4, 0.5) is 8.78 Å². The predicted molar refractivity (Wildman–Crippen MR) is 75.8 cm³/mol. The van der Waals surface area contributed by atoms with Gasteiger partial charge in [0.1, 0.15) is 11.6 Å². The van der Waals surface area contributed by atoms with Crippen LogP contribution in [0.1, 0.15) is 23.6 Å². The highest BCUT2D eigenvalue weighted by atomic mass is 35.5. The fraction of sp³-hybridized carbons (Fsp3) is 0.250. The van der Waals surface area contributed by atoms with Crippen molar-refractivity contribution in [2.45, 2.75) is 25.9 Å². The van der Waals surface area contributed by atoms with Crippen molar-refractivity contribution >= 4 is 11.6 Å². The molecule has 20 heavy (non-hydrogen) atoms. The van der Waals surface area contributed by atoms with Gasteiger partial charge in [0.05, 0.1) is 5.60 Å². The van der Waals surface area contributed by atoms with E-state index >= 15 is 0 Å². The number of hydrogen-bond acceptors (Lipinski definition) is 1. The van der Waals surface area contributed by atoms with Crippen LogP contribution >= 0.6 is 11.6 Å². The van der Waals surface area contributed by atoms with E-state index in [0.717, 1.165) is 0 Å². The monoisotopic (exact) mass is 296 g/mol. The molecular formula is C16H15ClF2O. The molecular weight excluding hydrogens is 282 g/mol. The van der Waals surface area contributed by atoms with Gasteiger partial charge in [-0.05, 0) is 48.7 Å².